The van der Waals surface area contributed by atoms with E-state index in [1.165, 1.54) is 0 Å². The summed E-state index contributed by atoms with van der Waals surface area (Å²) in [7, 11) is -2.93. The van der Waals surface area contributed by atoms with Crippen molar-refractivity contribution in [2.24, 2.45) is 0 Å². The molecular weight excluding hydrogens is 256 g/mol. The third kappa shape index (κ3) is 5.09. The molecule has 0 amide bonds. The van der Waals surface area contributed by atoms with E-state index in [0.29, 0.717) is 10.8 Å². The number of sulfone groups is 1. The molecule has 1 rings (SSSR count). The topological polar surface area (TPSA) is 34.1 Å². The zero-order valence-corrected chi connectivity index (χ0v) is 11.9. The van der Waals surface area contributed by atoms with Gasteiger partial charge in [-0.05, 0) is 30.0 Å². The van der Waals surface area contributed by atoms with Gasteiger partial charge in [-0.25, -0.2) is 8.42 Å². The molecule has 0 saturated carbocycles. The molecule has 17 heavy (non-hydrogen) atoms. The van der Waals surface area contributed by atoms with E-state index < -0.39 is 9.84 Å². The molecule has 0 saturated heterocycles. The molecule has 96 valence electrons. The normalized spacial score (nSPS) is 13.6. The summed E-state index contributed by atoms with van der Waals surface area (Å²) in [4.78, 5) is 0. The minimum Gasteiger partial charge on any atom is -0.229 e. The Hall–Kier alpha value is -0.540. The molecule has 1 unspecified atom stereocenters. The minimum atomic E-state index is -2.93. The van der Waals surface area contributed by atoms with Crippen LogP contribution < -0.4 is 0 Å². The maximum Gasteiger partial charge on any atom is 0.150 e. The van der Waals surface area contributed by atoms with Crippen LogP contribution in [0.2, 0.25) is 5.02 Å². The van der Waals surface area contributed by atoms with Crippen molar-refractivity contribution in [2.75, 3.05) is 11.5 Å². The highest BCUT2D eigenvalue weighted by Crippen LogP contribution is 2.20. The van der Waals surface area contributed by atoms with E-state index in [0.717, 1.165) is 18.4 Å². The predicted octanol–water partition coefficient (Wildman–Crippen LogP) is 3.66. The number of benzene rings is 1. The standard InChI is InChI=1S/C13H19ClO2S/c1-3-4-9-17(15,16)10-11(2)12-5-7-13(14)8-6-12/h5-8,11H,3-4,9-10H2,1-2H3. The van der Waals surface area contributed by atoms with Gasteiger partial charge in [-0.3, -0.25) is 0 Å². The van der Waals surface area contributed by atoms with Crippen molar-refractivity contribution in [3.8, 4) is 0 Å². The quantitative estimate of drug-likeness (QED) is 0.793. The fourth-order valence-electron chi connectivity index (χ4n) is 1.72. The van der Waals surface area contributed by atoms with Gasteiger partial charge in [0.25, 0.3) is 0 Å². The van der Waals surface area contributed by atoms with E-state index in [9.17, 15) is 8.42 Å². The number of rotatable bonds is 6. The van der Waals surface area contributed by atoms with Crippen molar-refractivity contribution in [3.05, 3.63) is 34.9 Å². The third-order valence-corrected chi connectivity index (χ3v) is 4.92. The summed E-state index contributed by atoms with van der Waals surface area (Å²) in [5.74, 6) is 0.532. The van der Waals surface area contributed by atoms with Crippen molar-refractivity contribution >= 4 is 21.4 Å². The Kier molecular flexibility index (Phi) is 5.47. The molecule has 4 heteroatoms. The molecule has 0 aliphatic carbocycles. The molecule has 0 aliphatic heterocycles. The van der Waals surface area contributed by atoms with Gasteiger partial charge in [0.2, 0.25) is 0 Å². The average molecular weight is 275 g/mol. The maximum atomic E-state index is 11.8. The summed E-state index contributed by atoms with van der Waals surface area (Å²) in [5, 5.41) is 0.676. The first-order valence-electron chi connectivity index (χ1n) is 5.90. The Balaban J connectivity index is 2.65. The zero-order valence-electron chi connectivity index (χ0n) is 10.3. The van der Waals surface area contributed by atoms with Gasteiger partial charge >= 0.3 is 0 Å². The van der Waals surface area contributed by atoms with Crippen molar-refractivity contribution < 1.29 is 8.42 Å². The van der Waals surface area contributed by atoms with E-state index >= 15 is 0 Å². The van der Waals surface area contributed by atoms with Gasteiger partial charge in [0.1, 0.15) is 0 Å². The summed E-state index contributed by atoms with van der Waals surface area (Å²) in [6.45, 7) is 3.94. The Morgan fingerprint density at radius 2 is 1.82 bits per heavy atom. The monoisotopic (exact) mass is 274 g/mol. The minimum absolute atomic E-state index is 0.0223. The van der Waals surface area contributed by atoms with Crippen LogP contribution in [-0.2, 0) is 9.84 Å². The van der Waals surface area contributed by atoms with Gasteiger partial charge < -0.3 is 0 Å². The fourth-order valence-corrected chi connectivity index (χ4v) is 3.69. The van der Waals surface area contributed by atoms with Gasteiger partial charge in [0, 0.05) is 5.02 Å². The lowest BCUT2D eigenvalue weighted by Gasteiger charge is -2.12. The largest absolute Gasteiger partial charge is 0.229 e. The summed E-state index contributed by atoms with van der Waals surface area (Å²) >= 11 is 5.80. The molecule has 0 heterocycles. The van der Waals surface area contributed by atoms with Crippen LogP contribution >= 0.6 is 11.6 Å². The van der Waals surface area contributed by atoms with Gasteiger partial charge in [-0.15, -0.1) is 0 Å². The Labute approximate surface area is 109 Å². The molecule has 0 radical (unpaired) electrons. The van der Waals surface area contributed by atoms with Crippen LogP contribution in [0.1, 0.15) is 38.2 Å². The summed E-state index contributed by atoms with van der Waals surface area (Å²) in [6.07, 6.45) is 1.66. The maximum absolute atomic E-state index is 11.8. The average Bonchev–Trinajstić information content (AvgIpc) is 2.26. The van der Waals surface area contributed by atoms with E-state index in [4.69, 9.17) is 11.6 Å². The number of hydrogen-bond donors (Lipinski definition) is 0. The predicted molar refractivity (Wildman–Crippen MR) is 73.4 cm³/mol. The van der Waals surface area contributed by atoms with E-state index in [-0.39, 0.29) is 11.7 Å². The molecule has 0 aliphatic rings. The van der Waals surface area contributed by atoms with E-state index in [1.807, 2.05) is 26.0 Å². The van der Waals surface area contributed by atoms with Crippen LogP contribution in [0.3, 0.4) is 0 Å². The molecule has 1 aromatic carbocycles. The van der Waals surface area contributed by atoms with Crippen LogP contribution in [-0.4, -0.2) is 19.9 Å². The Morgan fingerprint density at radius 3 is 2.35 bits per heavy atom. The van der Waals surface area contributed by atoms with Gasteiger partial charge in [-0.1, -0.05) is 44.0 Å². The second kappa shape index (κ2) is 6.41. The lowest BCUT2D eigenvalue weighted by Crippen LogP contribution is -2.16. The Morgan fingerprint density at radius 1 is 1.24 bits per heavy atom. The number of halogens is 1. The third-order valence-electron chi connectivity index (χ3n) is 2.75. The smallest absolute Gasteiger partial charge is 0.150 e. The lowest BCUT2D eigenvalue weighted by atomic mass is 10.0. The van der Waals surface area contributed by atoms with Crippen molar-refractivity contribution in [1.29, 1.82) is 0 Å². The SMILES string of the molecule is CCCCS(=O)(=O)CC(C)c1ccc(Cl)cc1. The molecule has 0 spiro atoms. The van der Waals surface area contributed by atoms with Crippen LogP contribution in [0.5, 0.6) is 0 Å². The second-order valence-electron chi connectivity index (χ2n) is 4.42. The van der Waals surface area contributed by atoms with Crippen molar-refractivity contribution in [1.82, 2.24) is 0 Å². The number of hydrogen-bond acceptors (Lipinski definition) is 2. The second-order valence-corrected chi connectivity index (χ2v) is 7.09. The van der Waals surface area contributed by atoms with Crippen LogP contribution in [0.25, 0.3) is 0 Å². The molecular formula is C13H19ClO2S. The van der Waals surface area contributed by atoms with E-state index in [1.54, 1.807) is 12.1 Å². The van der Waals surface area contributed by atoms with Crippen LogP contribution in [0, 0.1) is 0 Å². The molecule has 1 aromatic rings. The molecule has 0 bridgehead atoms. The van der Waals surface area contributed by atoms with E-state index in [2.05, 4.69) is 0 Å². The molecule has 0 aromatic heterocycles. The Bertz CT molecular complexity index is 437. The van der Waals surface area contributed by atoms with Gasteiger partial charge in [0.15, 0.2) is 9.84 Å². The van der Waals surface area contributed by atoms with Crippen LogP contribution in [0.15, 0.2) is 24.3 Å². The van der Waals surface area contributed by atoms with Gasteiger partial charge in [0.05, 0.1) is 11.5 Å². The highest BCUT2D eigenvalue weighted by atomic mass is 35.5. The first kappa shape index (κ1) is 14.5. The zero-order chi connectivity index (χ0) is 12.9. The highest BCUT2D eigenvalue weighted by Gasteiger charge is 2.16. The van der Waals surface area contributed by atoms with Gasteiger partial charge in [-0.2, -0.15) is 0 Å². The molecule has 2 nitrogen and oxygen atoms in total. The van der Waals surface area contributed by atoms with Crippen molar-refractivity contribution in [3.63, 3.8) is 0 Å². The number of unbranched alkanes of at least 4 members (excludes halogenated alkanes) is 1. The highest BCUT2D eigenvalue weighted by molar-refractivity contribution is 7.91. The first-order chi connectivity index (χ1) is 7.94. The molecule has 0 N–H and O–H groups in total. The molecule has 0 fully saturated rings. The first-order valence-corrected chi connectivity index (χ1v) is 8.10. The van der Waals surface area contributed by atoms with Crippen molar-refractivity contribution in [2.45, 2.75) is 32.6 Å². The summed E-state index contributed by atoms with van der Waals surface area (Å²) in [6, 6.07) is 7.38. The van der Waals surface area contributed by atoms with Crippen LogP contribution in [0.4, 0.5) is 0 Å². The molecule has 1 atom stereocenters. The lowest BCUT2D eigenvalue weighted by molar-refractivity contribution is 0.587. The summed E-state index contributed by atoms with van der Waals surface area (Å²) in [5.41, 5.74) is 1.02. The summed E-state index contributed by atoms with van der Waals surface area (Å²) < 4.78 is 23.6. The fraction of sp³-hybridized carbons (Fsp3) is 0.538.